The van der Waals surface area contributed by atoms with Crippen LogP contribution in [0.3, 0.4) is 0 Å². The van der Waals surface area contributed by atoms with Crippen LogP contribution in [0.15, 0.2) is 0 Å². The lowest BCUT2D eigenvalue weighted by Crippen LogP contribution is -2.43. The molecule has 0 spiro atoms. The smallest absolute Gasteiger partial charge is 0.307 e. The highest BCUT2D eigenvalue weighted by Crippen LogP contribution is 2.34. The van der Waals surface area contributed by atoms with Crippen LogP contribution in [0, 0.1) is 5.92 Å². The Bertz CT molecular complexity index is 225. The quantitative estimate of drug-likeness (QED) is 0.755. The van der Waals surface area contributed by atoms with Gasteiger partial charge in [-0.1, -0.05) is 6.92 Å². The average Bonchev–Trinajstić information content (AvgIpc) is 2.40. The second-order valence-corrected chi connectivity index (χ2v) is 4.96. The number of hydrogen-bond donors (Lipinski definition) is 1. The Balaban J connectivity index is 2.73. The molecule has 1 N–H and O–H groups in total. The Morgan fingerprint density at radius 2 is 2.21 bits per heavy atom. The summed E-state index contributed by atoms with van der Waals surface area (Å²) in [6, 6.07) is 0.481. The van der Waals surface area contributed by atoms with Gasteiger partial charge in [-0.25, -0.2) is 0 Å². The molecule has 0 bridgehead atoms. The van der Waals surface area contributed by atoms with E-state index in [-0.39, 0.29) is 11.5 Å². The van der Waals surface area contributed by atoms with E-state index in [9.17, 15) is 4.79 Å². The third-order valence-electron chi connectivity index (χ3n) is 3.41. The van der Waals surface area contributed by atoms with Gasteiger partial charge in [-0.15, -0.1) is 0 Å². The fourth-order valence-electron chi connectivity index (χ4n) is 2.43. The summed E-state index contributed by atoms with van der Waals surface area (Å²) in [6.07, 6.45) is 1.85. The van der Waals surface area contributed by atoms with Crippen LogP contribution in [0.4, 0.5) is 0 Å². The van der Waals surface area contributed by atoms with E-state index in [1.165, 1.54) is 0 Å². The van der Waals surface area contributed by atoms with E-state index >= 15 is 0 Å². The lowest BCUT2D eigenvalue weighted by atomic mass is 9.96. The van der Waals surface area contributed by atoms with E-state index in [0.717, 1.165) is 12.8 Å². The third kappa shape index (κ3) is 2.08. The fourth-order valence-corrected chi connectivity index (χ4v) is 2.43. The summed E-state index contributed by atoms with van der Waals surface area (Å²) in [6.45, 7) is 9.31. The van der Waals surface area contributed by atoms with Gasteiger partial charge >= 0.3 is 5.97 Å². The molecule has 1 aliphatic rings. The monoisotopic (exact) mass is 199 g/mol. The second-order valence-electron chi connectivity index (χ2n) is 4.96. The summed E-state index contributed by atoms with van der Waals surface area (Å²) >= 11 is 0. The normalized spacial score (nSPS) is 29.0. The zero-order valence-electron chi connectivity index (χ0n) is 9.58. The molecule has 0 saturated carbocycles. The Hall–Kier alpha value is -0.570. The largest absolute Gasteiger partial charge is 0.481 e. The molecule has 82 valence electrons. The number of carboxylic acids is 1. The van der Waals surface area contributed by atoms with Crippen molar-refractivity contribution in [3.63, 3.8) is 0 Å². The van der Waals surface area contributed by atoms with Crippen LogP contribution in [-0.4, -0.2) is 34.1 Å². The van der Waals surface area contributed by atoms with Crippen molar-refractivity contribution < 1.29 is 9.90 Å². The van der Waals surface area contributed by atoms with Gasteiger partial charge in [0.15, 0.2) is 0 Å². The lowest BCUT2D eigenvalue weighted by molar-refractivity contribution is -0.141. The first-order valence-corrected chi connectivity index (χ1v) is 5.38. The highest BCUT2D eigenvalue weighted by Gasteiger charge is 2.42. The maximum atomic E-state index is 10.9. The highest BCUT2D eigenvalue weighted by molar-refractivity contribution is 5.71. The molecular formula is C11H21NO2. The van der Waals surface area contributed by atoms with Gasteiger partial charge in [0.1, 0.15) is 0 Å². The first-order valence-electron chi connectivity index (χ1n) is 5.38. The van der Waals surface area contributed by atoms with Gasteiger partial charge < -0.3 is 5.11 Å². The first-order chi connectivity index (χ1) is 6.38. The Kier molecular flexibility index (Phi) is 3.20. The molecule has 0 aliphatic carbocycles. The standard InChI is InChI=1S/C11H21NO2/c1-5-8(2)12-7-9(10(13)14)6-11(12,3)4/h8-9H,5-7H2,1-4H3,(H,13,14). The molecule has 1 rings (SSSR count). The molecule has 0 radical (unpaired) electrons. The van der Waals surface area contributed by atoms with Crippen molar-refractivity contribution in [1.82, 2.24) is 4.90 Å². The fraction of sp³-hybridized carbons (Fsp3) is 0.909. The van der Waals surface area contributed by atoms with Crippen molar-refractivity contribution in [1.29, 1.82) is 0 Å². The molecule has 1 saturated heterocycles. The topological polar surface area (TPSA) is 40.5 Å². The molecular weight excluding hydrogens is 178 g/mol. The molecule has 1 fully saturated rings. The van der Waals surface area contributed by atoms with Gasteiger partial charge in [-0.05, 0) is 33.6 Å². The molecule has 1 aliphatic heterocycles. The zero-order valence-corrected chi connectivity index (χ0v) is 9.58. The molecule has 2 atom stereocenters. The number of nitrogens with zero attached hydrogens (tertiary/aromatic N) is 1. The van der Waals surface area contributed by atoms with Gasteiger partial charge in [0.25, 0.3) is 0 Å². The minimum Gasteiger partial charge on any atom is -0.481 e. The van der Waals surface area contributed by atoms with Crippen LogP contribution < -0.4 is 0 Å². The summed E-state index contributed by atoms with van der Waals surface area (Å²) in [5.41, 5.74) is 0.0402. The third-order valence-corrected chi connectivity index (χ3v) is 3.41. The van der Waals surface area contributed by atoms with Crippen molar-refractivity contribution in [2.24, 2.45) is 5.92 Å². The van der Waals surface area contributed by atoms with Crippen molar-refractivity contribution in [2.75, 3.05) is 6.54 Å². The van der Waals surface area contributed by atoms with Crippen LogP contribution >= 0.6 is 0 Å². The van der Waals surface area contributed by atoms with Crippen molar-refractivity contribution in [2.45, 2.75) is 52.1 Å². The number of rotatable bonds is 3. The van der Waals surface area contributed by atoms with Gasteiger partial charge in [-0.2, -0.15) is 0 Å². The number of likely N-dealkylation sites (tertiary alicyclic amines) is 1. The molecule has 1 heterocycles. The van der Waals surface area contributed by atoms with E-state index in [1.807, 2.05) is 0 Å². The number of carbonyl (C=O) groups is 1. The molecule has 14 heavy (non-hydrogen) atoms. The molecule has 0 aromatic heterocycles. The van der Waals surface area contributed by atoms with Gasteiger partial charge in [-0.3, -0.25) is 9.69 Å². The molecule has 3 nitrogen and oxygen atoms in total. The van der Waals surface area contributed by atoms with Crippen molar-refractivity contribution >= 4 is 5.97 Å². The summed E-state index contributed by atoms with van der Waals surface area (Å²) in [5.74, 6) is -0.831. The summed E-state index contributed by atoms with van der Waals surface area (Å²) in [5, 5.41) is 8.99. The molecule has 0 aromatic rings. The summed E-state index contributed by atoms with van der Waals surface area (Å²) in [4.78, 5) is 13.2. The number of aliphatic carboxylic acids is 1. The van der Waals surface area contributed by atoms with E-state index in [0.29, 0.717) is 12.6 Å². The molecule has 2 unspecified atom stereocenters. The van der Waals surface area contributed by atoms with Crippen LogP contribution in [0.2, 0.25) is 0 Å². The summed E-state index contributed by atoms with van der Waals surface area (Å²) in [7, 11) is 0. The molecule has 0 aromatic carbocycles. The predicted molar refractivity (Wildman–Crippen MR) is 56.3 cm³/mol. The van der Waals surface area contributed by atoms with E-state index in [4.69, 9.17) is 5.11 Å². The van der Waals surface area contributed by atoms with Gasteiger partial charge in [0, 0.05) is 18.1 Å². The Labute approximate surface area is 86.1 Å². The number of carboxylic acid groups (broad SMARTS) is 1. The number of hydrogen-bond acceptors (Lipinski definition) is 2. The van der Waals surface area contributed by atoms with Crippen LogP contribution in [0.1, 0.15) is 40.5 Å². The SMILES string of the molecule is CCC(C)N1CC(C(=O)O)CC1(C)C. The van der Waals surface area contributed by atoms with E-state index in [2.05, 4.69) is 32.6 Å². The van der Waals surface area contributed by atoms with E-state index in [1.54, 1.807) is 0 Å². The Morgan fingerprint density at radius 1 is 1.64 bits per heavy atom. The Morgan fingerprint density at radius 3 is 2.57 bits per heavy atom. The second kappa shape index (κ2) is 3.89. The maximum absolute atomic E-state index is 10.9. The molecule has 0 amide bonds. The lowest BCUT2D eigenvalue weighted by Gasteiger charge is -2.36. The van der Waals surface area contributed by atoms with Crippen LogP contribution in [0.5, 0.6) is 0 Å². The summed E-state index contributed by atoms with van der Waals surface area (Å²) < 4.78 is 0. The van der Waals surface area contributed by atoms with Gasteiger partial charge in [0.05, 0.1) is 5.92 Å². The predicted octanol–water partition coefficient (Wildman–Crippen LogP) is 1.97. The maximum Gasteiger partial charge on any atom is 0.307 e. The zero-order chi connectivity index (χ0) is 10.9. The van der Waals surface area contributed by atoms with Crippen LogP contribution in [0.25, 0.3) is 0 Å². The highest BCUT2D eigenvalue weighted by atomic mass is 16.4. The van der Waals surface area contributed by atoms with Crippen LogP contribution in [-0.2, 0) is 4.79 Å². The van der Waals surface area contributed by atoms with Gasteiger partial charge in [0.2, 0.25) is 0 Å². The minimum atomic E-state index is -0.649. The van der Waals surface area contributed by atoms with E-state index < -0.39 is 5.97 Å². The van der Waals surface area contributed by atoms with Crippen molar-refractivity contribution in [3.05, 3.63) is 0 Å². The first kappa shape index (κ1) is 11.5. The molecule has 3 heteroatoms. The average molecular weight is 199 g/mol. The van der Waals surface area contributed by atoms with Crippen molar-refractivity contribution in [3.8, 4) is 0 Å². The minimum absolute atomic E-state index is 0.0402.